The highest BCUT2D eigenvalue weighted by atomic mass is 16.2. The molecule has 0 bridgehead atoms. The molecule has 100 valence electrons. The second-order valence-corrected chi connectivity index (χ2v) is 4.60. The molecule has 1 heterocycles. The zero-order chi connectivity index (χ0) is 13.7. The number of hydrogen-bond acceptors (Lipinski definition) is 4. The molecule has 0 aliphatic heterocycles. The normalized spacial score (nSPS) is 13.7. The summed E-state index contributed by atoms with van der Waals surface area (Å²) in [6.45, 7) is 3.30. The maximum atomic E-state index is 12.4. The molecule has 2 rings (SSSR count). The predicted octanol–water partition coefficient (Wildman–Crippen LogP) is 2.03. The Morgan fingerprint density at radius 2 is 2.42 bits per heavy atom. The first-order chi connectivity index (χ1) is 9.26. The van der Waals surface area contributed by atoms with Crippen LogP contribution in [0.1, 0.15) is 36.7 Å². The number of carbonyl (C=O) groups is 1. The molecule has 0 aromatic carbocycles. The second kappa shape index (κ2) is 6.19. The lowest BCUT2D eigenvalue weighted by molar-refractivity contribution is 0.0741. The van der Waals surface area contributed by atoms with E-state index in [1.165, 1.54) is 0 Å². The summed E-state index contributed by atoms with van der Waals surface area (Å²) < 4.78 is 0. The van der Waals surface area contributed by atoms with E-state index >= 15 is 0 Å². The van der Waals surface area contributed by atoms with E-state index in [0.717, 1.165) is 25.1 Å². The number of nitriles is 1. The van der Waals surface area contributed by atoms with Gasteiger partial charge in [-0.1, -0.05) is 0 Å². The van der Waals surface area contributed by atoms with Gasteiger partial charge in [0.2, 0.25) is 0 Å². The summed E-state index contributed by atoms with van der Waals surface area (Å²) in [5.74, 6) is -0.0718. The van der Waals surface area contributed by atoms with E-state index in [0.29, 0.717) is 24.7 Å². The van der Waals surface area contributed by atoms with Crippen molar-refractivity contribution < 1.29 is 4.79 Å². The Labute approximate surface area is 113 Å². The summed E-state index contributed by atoms with van der Waals surface area (Å²) >= 11 is 0. The van der Waals surface area contributed by atoms with Gasteiger partial charge in [0.25, 0.3) is 5.91 Å². The maximum Gasteiger partial charge on any atom is 0.272 e. The summed E-state index contributed by atoms with van der Waals surface area (Å²) in [7, 11) is 0. The van der Waals surface area contributed by atoms with Crippen LogP contribution < -0.4 is 5.32 Å². The van der Waals surface area contributed by atoms with Crippen LogP contribution in [0.4, 0.5) is 5.69 Å². The molecule has 1 saturated carbocycles. The molecule has 19 heavy (non-hydrogen) atoms. The van der Waals surface area contributed by atoms with Crippen molar-refractivity contribution >= 4 is 11.6 Å². The molecule has 0 saturated heterocycles. The van der Waals surface area contributed by atoms with Crippen molar-refractivity contribution in [3.63, 3.8) is 0 Å². The standard InChI is InChI=1S/C14H18N4O/c1-2-16-11-6-8-17-13(10-11)14(19)18(9-3-7-15)12-4-5-12/h6,8,10,12H,2-5,9H2,1H3,(H,16,17). The zero-order valence-corrected chi connectivity index (χ0v) is 11.1. The van der Waals surface area contributed by atoms with Crippen molar-refractivity contribution in [2.45, 2.75) is 32.2 Å². The van der Waals surface area contributed by atoms with Crippen LogP contribution in [0, 0.1) is 11.3 Å². The Balaban J connectivity index is 2.12. The molecule has 1 amide bonds. The van der Waals surface area contributed by atoms with E-state index in [-0.39, 0.29) is 5.91 Å². The molecule has 1 aliphatic rings. The SMILES string of the molecule is CCNc1ccnc(C(=O)N(CCC#N)C2CC2)c1. The molecule has 1 aromatic heterocycles. The fourth-order valence-electron chi connectivity index (χ4n) is 2.02. The van der Waals surface area contributed by atoms with Crippen molar-refractivity contribution in [2.24, 2.45) is 0 Å². The number of nitrogens with one attached hydrogen (secondary N) is 1. The molecular weight excluding hydrogens is 240 g/mol. The molecule has 0 atom stereocenters. The zero-order valence-electron chi connectivity index (χ0n) is 11.1. The highest BCUT2D eigenvalue weighted by molar-refractivity contribution is 5.93. The van der Waals surface area contributed by atoms with E-state index in [4.69, 9.17) is 5.26 Å². The lowest BCUT2D eigenvalue weighted by Crippen LogP contribution is -2.34. The summed E-state index contributed by atoms with van der Waals surface area (Å²) in [6.07, 6.45) is 4.07. The van der Waals surface area contributed by atoms with Crippen LogP contribution in [0.5, 0.6) is 0 Å². The molecule has 5 heteroatoms. The fourth-order valence-corrected chi connectivity index (χ4v) is 2.02. The number of anilines is 1. The molecule has 1 aliphatic carbocycles. The molecule has 0 radical (unpaired) electrons. The van der Waals surface area contributed by atoms with E-state index < -0.39 is 0 Å². The number of pyridine rings is 1. The van der Waals surface area contributed by atoms with E-state index in [1.807, 2.05) is 13.0 Å². The van der Waals surface area contributed by atoms with Crippen LogP contribution in [0.15, 0.2) is 18.3 Å². The Bertz CT molecular complexity index is 490. The average Bonchev–Trinajstić information content (AvgIpc) is 3.24. The lowest BCUT2D eigenvalue weighted by atomic mass is 10.2. The van der Waals surface area contributed by atoms with Gasteiger partial charge in [0.15, 0.2) is 0 Å². The fraction of sp³-hybridized carbons (Fsp3) is 0.500. The van der Waals surface area contributed by atoms with E-state index in [2.05, 4.69) is 16.4 Å². The van der Waals surface area contributed by atoms with Gasteiger partial charge in [-0.05, 0) is 31.9 Å². The van der Waals surface area contributed by atoms with Gasteiger partial charge in [0.1, 0.15) is 5.69 Å². The third kappa shape index (κ3) is 3.44. The van der Waals surface area contributed by atoms with Crippen molar-refractivity contribution in [1.29, 1.82) is 5.26 Å². The van der Waals surface area contributed by atoms with Gasteiger partial charge < -0.3 is 10.2 Å². The maximum absolute atomic E-state index is 12.4. The first-order valence-electron chi connectivity index (χ1n) is 6.64. The van der Waals surface area contributed by atoms with Crippen molar-refractivity contribution in [2.75, 3.05) is 18.4 Å². The van der Waals surface area contributed by atoms with E-state index in [1.54, 1.807) is 17.2 Å². The quantitative estimate of drug-likeness (QED) is 0.847. The van der Waals surface area contributed by atoms with Gasteiger partial charge in [-0.15, -0.1) is 0 Å². The van der Waals surface area contributed by atoms with Gasteiger partial charge >= 0.3 is 0 Å². The second-order valence-electron chi connectivity index (χ2n) is 4.60. The first-order valence-corrected chi connectivity index (χ1v) is 6.64. The summed E-state index contributed by atoms with van der Waals surface area (Å²) in [5.41, 5.74) is 1.35. The molecule has 5 nitrogen and oxygen atoms in total. The molecule has 1 N–H and O–H groups in total. The minimum absolute atomic E-state index is 0.0718. The van der Waals surface area contributed by atoms with Crippen molar-refractivity contribution in [3.8, 4) is 6.07 Å². The van der Waals surface area contributed by atoms with Gasteiger partial charge in [-0.3, -0.25) is 9.78 Å². The van der Waals surface area contributed by atoms with Crippen molar-refractivity contribution in [3.05, 3.63) is 24.0 Å². The van der Waals surface area contributed by atoms with Crippen molar-refractivity contribution in [1.82, 2.24) is 9.88 Å². The van der Waals surface area contributed by atoms with Crippen LogP contribution in [-0.4, -0.2) is 34.9 Å². The highest BCUT2D eigenvalue weighted by Crippen LogP contribution is 2.28. The van der Waals surface area contributed by atoms with Crippen LogP contribution in [0.3, 0.4) is 0 Å². The lowest BCUT2D eigenvalue weighted by Gasteiger charge is -2.20. The van der Waals surface area contributed by atoms with Crippen LogP contribution >= 0.6 is 0 Å². The number of aromatic nitrogens is 1. The summed E-state index contributed by atoms with van der Waals surface area (Å²) in [4.78, 5) is 18.3. The number of nitrogens with zero attached hydrogens (tertiary/aromatic N) is 3. The largest absolute Gasteiger partial charge is 0.385 e. The van der Waals surface area contributed by atoms with Gasteiger partial charge in [-0.25, -0.2) is 0 Å². The number of rotatable bonds is 6. The van der Waals surface area contributed by atoms with Crippen LogP contribution in [0.25, 0.3) is 0 Å². The highest BCUT2D eigenvalue weighted by Gasteiger charge is 2.33. The summed E-state index contributed by atoms with van der Waals surface area (Å²) in [6, 6.07) is 6.00. The summed E-state index contributed by atoms with van der Waals surface area (Å²) in [5, 5.41) is 11.8. The van der Waals surface area contributed by atoms with Crippen LogP contribution in [-0.2, 0) is 0 Å². The number of hydrogen-bond donors (Lipinski definition) is 1. The average molecular weight is 258 g/mol. The molecule has 0 spiro atoms. The van der Waals surface area contributed by atoms with Gasteiger partial charge in [0, 0.05) is 31.0 Å². The third-order valence-electron chi connectivity index (χ3n) is 3.07. The molecule has 1 fully saturated rings. The van der Waals surface area contributed by atoms with Crippen LogP contribution in [0.2, 0.25) is 0 Å². The number of amides is 1. The Morgan fingerprint density at radius 1 is 1.63 bits per heavy atom. The first kappa shape index (κ1) is 13.3. The predicted molar refractivity (Wildman–Crippen MR) is 72.7 cm³/mol. The minimum atomic E-state index is -0.0718. The molecule has 1 aromatic rings. The monoisotopic (exact) mass is 258 g/mol. The Hall–Kier alpha value is -2.09. The van der Waals surface area contributed by atoms with Gasteiger partial charge in [-0.2, -0.15) is 5.26 Å². The van der Waals surface area contributed by atoms with Gasteiger partial charge in [0.05, 0.1) is 12.5 Å². The Kier molecular flexibility index (Phi) is 4.35. The number of carbonyl (C=O) groups excluding carboxylic acids is 1. The Morgan fingerprint density at radius 3 is 3.05 bits per heavy atom. The smallest absolute Gasteiger partial charge is 0.272 e. The topological polar surface area (TPSA) is 69.0 Å². The third-order valence-corrected chi connectivity index (χ3v) is 3.07. The van der Waals surface area contributed by atoms with E-state index in [9.17, 15) is 4.79 Å². The molecule has 0 unspecified atom stereocenters. The molecular formula is C14H18N4O. The minimum Gasteiger partial charge on any atom is -0.385 e.